The molecule has 0 unspecified atom stereocenters. The van der Waals surface area contributed by atoms with Gasteiger partial charge in [0.2, 0.25) is 0 Å². The molecule has 2 heterocycles. The number of guanidine groups is 1. The highest BCUT2D eigenvalue weighted by atomic mass is 16.5. The third kappa shape index (κ3) is 6.35. The Morgan fingerprint density at radius 2 is 1.87 bits per heavy atom. The molecule has 1 saturated heterocycles. The maximum Gasteiger partial charge on any atom is 0.191 e. The van der Waals surface area contributed by atoms with Gasteiger partial charge in [0.25, 0.3) is 0 Å². The van der Waals surface area contributed by atoms with Gasteiger partial charge in [0.15, 0.2) is 5.96 Å². The van der Waals surface area contributed by atoms with E-state index in [0.29, 0.717) is 6.54 Å². The summed E-state index contributed by atoms with van der Waals surface area (Å²) in [5.74, 6) is 2.77. The smallest absolute Gasteiger partial charge is 0.191 e. The summed E-state index contributed by atoms with van der Waals surface area (Å²) < 4.78 is 5.22. The van der Waals surface area contributed by atoms with Gasteiger partial charge in [-0.15, -0.1) is 0 Å². The van der Waals surface area contributed by atoms with Crippen molar-refractivity contribution in [1.29, 1.82) is 0 Å². The van der Waals surface area contributed by atoms with E-state index in [4.69, 9.17) is 9.73 Å². The first-order chi connectivity index (χ1) is 14.7. The van der Waals surface area contributed by atoms with Crippen LogP contribution in [0.25, 0.3) is 0 Å². The van der Waals surface area contributed by atoms with Gasteiger partial charge in [0, 0.05) is 51.0 Å². The number of hydrogen-bond acceptors (Lipinski definition) is 5. The molecule has 1 aliphatic heterocycles. The van der Waals surface area contributed by atoms with E-state index in [9.17, 15) is 0 Å². The third-order valence-corrected chi connectivity index (χ3v) is 5.29. The first-order valence-electron chi connectivity index (χ1n) is 10.7. The number of piperazine rings is 1. The van der Waals surface area contributed by atoms with Crippen LogP contribution in [-0.2, 0) is 13.0 Å². The fraction of sp³-hybridized carbons (Fsp3) is 0.478. The van der Waals surface area contributed by atoms with Crippen LogP contribution < -0.4 is 20.3 Å². The Morgan fingerprint density at radius 3 is 2.57 bits per heavy atom. The maximum atomic E-state index is 5.22. The molecule has 0 bridgehead atoms. The second-order valence-corrected chi connectivity index (χ2v) is 7.50. The molecule has 0 spiro atoms. The zero-order valence-electron chi connectivity index (χ0n) is 18.4. The van der Waals surface area contributed by atoms with E-state index < -0.39 is 0 Å². The van der Waals surface area contributed by atoms with Crippen molar-refractivity contribution in [3.63, 3.8) is 0 Å². The number of aromatic nitrogens is 1. The van der Waals surface area contributed by atoms with Crippen molar-refractivity contribution >= 4 is 11.8 Å². The number of hydrogen-bond donors (Lipinski definition) is 2. The largest absolute Gasteiger partial charge is 0.497 e. The number of likely N-dealkylation sites (N-methyl/N-ethyl adjacent to an activating group) is 1. The summed E-state index contributed by atoms with van der Waals surface area (Å²) >= 11 is 0. The Hall–Kier alpha value is -2.80. The van der Waals surface area contributed by atoms with E-state index in [-0.39, 0.29) is 0 Å². The molecular formula is C23H34N6O. The quantitative estimate of drug-likeness (QED) is 0.514. The molecule has 1 aromatic heterocycles. The molecule has 0 atom stereocenters. The predicted octanol–water partition coefficient (Wildman–Crippen LogP) is 2.14. The lowest BCUT2D eigenvalue weighted by atomic mass is 10.1. The van der Waals surface area contributed by atoms with Crippen LogP contribution in [0.5, 0.6) is 5.75 Å². The minimum atomic E-state index is 0.605. The van der Waals surface area contributed by atoms with Gasteiger partial charge in [-0.3, -0.25) is 0 Å². The van der Waals surface area contributed by atoms with Crippen LogP contribution in [0.2, 0.25) is 0 Å². The van der Waals surface area contributed by atoms with E-state index in [2.05, 4.69) is 57.6 Å². The lowest BCUT2D eigenvalue weighted by Gasteiger charge is -2.34. The fourth-order valence-corrected chi connectivity index (χ4v) is 3.48. The zero-order chi connectivity index (χ0) is 21.2. The molecule has 0 saturated carbocycles. The summed E-state index contributed by atoms with van der Waals surface area (Å²) in [7, 11) is 3.86. The van der Waals surface area contributed by atoms with Gasteiger partial charge >= 0.3 is 0 Å². The fourth-order valence-electron chi connectivity index (χ4n) is 3.48. The van der Waals surface area contributed by atoms with Gasteiger partial charge in [-0.2, -0.15) is 0 Å². The standard InChI is InChI=1S/C23H34N6O/c1-4-24-23(26-13-11-19-7-9-21(30-3)10-8-19)27-18-20-6-5-12-25-22(20)29-16-14-28(2)15-17-29/h5-10,12H,4,11,13-18H2,1-3H3,(H2,24,26,27). The van der Waals surface area contributed by atoms with Crippen molar-refractivity contribution in [3.8, 4) is 5.75 Å². The average Bonchev–Trinajstić information content (AvgIpc) is 2.79. The second kappa shape index (κ2) is 11.4. The highest BCUT2D eigenvalue weighted by Crippen LogP contribution is 2.19. The molecule has 2 aromatic rings. The Bertz CT molecular complexity index is 800. The summed E-state index contributed by atoms with van der Waals surface area (Å²) in [5, 5.41) is 6.78. The number of nitrogens with zero attached hydrogens (tertiary/aromatic N) is 4. The van der Waals surface area contributed by atoms with E-state index >= 15 is 0 Å². The first-order valence-corrected chi connectivity index (χ1v) is 10.7. The van der Waals surface area contributed by atoms with Crippen LogP contribution in [0, 0.1) is 0 Å². The van der Waals surface area contributed by atoms with Crippen molar-refractivity contribution in [3.05, 3.63) is 53.7 Å². The minimum Gasteiger partial charge on any atom is -0.497 e. The van der Waals surface area contributed by atoms with Crippen molar-refractivity contribution in [1.82, 2.24) is 20.5 Å². The van der Waals surface area contributed by atoms with Crippen LogP contribution in [0.3, 0.4) is 0 Å². The summed E-state index contributed by atoms with van der Waals surface area (Å²) in [6.45, 7) is 8.47. The van der Waals surface area contributed by atoms with Gasteiger partial charge in [-0.05, 0) is 44.2 Å². The van der Waals surface area contributed by atoms with E-state index in [1.54, 1.807) is 7.11 Å². The van der Waals surface area contributed by atoms with E-state index in [1.807, 2.05) is 24.4 Å². The SMILES string of the molecule is CCNC(=NCc1cccnc1N1CCN(C)CC1)NCCc1ccc(OC)cc1. The highest BCUT2D eigenvalue weighted by molar-refractivity contribution is 5.79. The monoisotopic (exact) mass is 410 g/mol. The molecule has 7 heteroatoms. The van der Waals surface area contributed by atoms with Crippen LogP contribution in [-0.4, -0.2) is 69.3 Å². The van der Waals surface area contributed by atoms with Crippen LogP contribution in [0.15, 0.2) is 47.6 Å². The summed E-state index contributed by atoms with van der Waals surface area (Å²) in [6, 6.07) is 12.3. The Balaban J connectivity index is 1.59. The Morgan fingerprint density at radius 1 is 1.10 bits per heavy atom. The van der Waals surface area contributed by atoms with E-state index in [1.165, 1.54) is 5.56 Å². The van der Waals surface area contributed by atoms with Crippen molar-refractivity contribution in [2.75, 3.05) is 58.3 Å². The van der Waals surface area contributed by atoms with E-state index in [0.717, 1.165) is 68.8 Å². The van der Waals surface area contributed by atoms with Crippen molar-refractivity contribution in [2.45, 2.75) is 19.9 Å². The van der Waals surface area contributed by atoms with Gasteiger partial charge in [-0.25, -0.2) is 9.98 Å². The second-order valence-electron chi connectivity index (χ2n) is 7.50. The number of pyridine rings is 1. The average molecular weight is 411 g/mol. The number of anilines is 1. The molecule has 0 amide bonds. The van der Waals surface area contributed by atoms with Gasteiger partial charge < -0.3 is 25.2 Å². The highest BCUT2D eigenvalue weighted by Gasteiger charge is 2.17. The Labute approximate surface area is 180 Å². The lowest BCUT2D eigenvalue weighted by molar-refractivity contribution is 0.312. The molecular weight excluding hydrogens is 376 g/mol. The molecule has 30 heavy (non-hydrogen) atoms. The molecule has 3 rings (SSSR count). The molecule has 0 radical (unpaired) electrons. The normalized spacial score (nSPS) is 15.2. The number of aliphatic imine (C=N–C) groups is 1. The molecule has 0 aliphatic carbocycles. The lowest BCUT2D eigenvalue weighted by Crippen LogP contribution is -2.45. The number of benzene rings is 1. The minimum absolute atomic E-state index is 0.605. The first kappa shape index (κ1) is 21.9. The number of nitrogens with one attached hydrogen (secondary N) is 2. The predicted molar refractivity (Wildman–Crippen MR) is 123 cm³/mol. The number of methoxy groups -OCH3 is 1. The summed E-state index contributed by atoms with van der Waals surface area (Å²) in [6.07, 6.45) is 2.80. The summed E-state index contributed by atoms with van der Waals surface area (Å²) in [4.78, 5) is 14.2. The van der Waals surface area contributed by atoms with Gasteiger partial charge in [0.05, 0.1) is 13.7 Å². The molecule has 1 fully saturated rings. The topological polar surface area (TPSA) is 65.0 Å². The molecule has 162 valence electrons. The number of rotatable bonds is 8. The van der Waals surface area contributed by atoms with Crippen molar-refractivity contribution < 1.29 is 4.74 Å². The summed E-state index contributed by atoms with van der Waals surface area (Å²) in [5.41, 5.74) is 2.43. The van der Waals surface area contributed by atoms with Gasteiger partial charge in [0.1, 0.15) is 11.6 Å². The van der Waals surface area contributed by atoms with Gasteiger partial charge in [-0.1, -0.05) is 18.2 Å². The van der Waals surface area contributed by atoms with Crippen LogP contribution >= 0.6 is 0 Å². The Kier molecular flexibility index (Phi) is 8.32. The zero-order valence-corrected chi connectivity index (χ0v) is 18.4. The van der Waals surface area contributed by atoms with Crippen molar-refractivity contribution in [2.24, 2.45) is 4.99 Å². The van der Waals surface area contributed by atoms with Crippen LogP contribution in [0.4, 0.5) is 5.82 Å². The third-order valence-electron chi connectivity index (χ3n) is 5.29. The molecule has 1 aromatic carbocycles. The maximum absolute atomic E-state index is 5.22. The molecule has 7 nitrogen and oxygen atoms in total. The molecule has 2 N–H and O–H groups in total. The van der Waals surface area contributed by atoms with Crippen LogP contribution in [0.1, 0.15) is 18.1 Å². The molecule has 1 aliphatic rings. The number of ether oxygens (including phenoxy) is 1.